The summed E-state index contributed by atoms with van der Waals surface area (Å²) in [6, 6.07) is 32.6. The Hall–Kier alpha value is -5.53. The number of pyridine rings is 1. The van der Waals surface area contributed by atoms with Crippen molar-refractivity contribution in [2.75, 3.05) is 64.8 Å². The number of fused-ring (bicyclic) bond motifs is 2. The summed E-state index contributed by atoms with van der Waals surface area (Å²) in [6.45, 7) is 5.17. The highest BCUT2D eigenvalue weighted by atomic mass is 16.6. The van der Waals surface area contributed by atoms with Crippen LogP contribution in [-0.4, -0.2) is 103 Å². The number of para-hydroxylation sites is 1. The van der Waals surface area contributed by atoms with Gasteiger partial charge in [0.2, 0.25) is 11.5 Å². The number of nitrogens with zero attached hydrogens (tertiary/aromatic N) is 2. The van der Waals surface area contributed by atoms with Crippen LogP contribution in [0.1, 0.15) is 42.1 Å². The first kappa shape index (κ1) is 41.6. The molecule has 2 heterocycles. The van der Waals surface area contributed by atoms with E-state index >= 15 is 0 Å². The molecule has 2 fully saturated rings. The van der Waals surface area contributed by atoms with Crippen LogP contribution in [0.15, 0.2) is 108 Å². The van der Waals surface area contributed by atoms with Crippen LogP contribution in [0.4, 0.5) is 10.5 Å². The molecule has 12 nitrogen and oxygen atoms in total. The lowest BCUT2D eigenvalue weighted by molar-refractivity contribution is -0.131. The van der Waals surface area contributed by atoms with Gasteiger partial charge in [-0.25, -0.2) is 4.79 Å². The molecule has 1 saturated heterocycles. The Labute approximate surface area is 345 Å². The molecule has 0 bridgehead atoms. The number of aromatic nitrogens is 1. The van der Waals surface area contributed by atoms with E-state index in [1.807, 2.05) is 54.6 Å². The highest BCUT2D eigenvalue weighted by Crippen LogP contribution is 2.40. The molecule has 1 aliphatic heterocycles. The van der Waals surface area contributed by atoms with Gasteiger partial charge in [0.25, 0.3) is 0 Å². The maximum absolute atomic E-state index is 12.9. The summed E-state index contributed by atoms with van der Waals surface area (Å²) in [4.78, 5) is 44.1. The number of hydrogen-bond acceptors (Lipinski definition) is 9. The van der Waals surface area contributed by atoms with Crippen LogP contribution in [-0.2, 0) is 27.1 Å². The number of anilines is 1. The number of benzene rings is 4. The van der Waals surface area contributed by atoms with Crippen molar-refractivity contribution in [3.8, 4) is 16.9 Å². The van der Waals surface area contributed by atoms with Crippen molar-refractivity contribution >= 4 is 28.6 Å². The lowest BCUT2D eigenvalue weighted by atomic mass is 10.0. The first-order valence-corrected chi connectivity index (χ1v) is 20.7. The summed E-state index contributed by atoms with van der Waals surface area (Å²) >= 11 is 0. The van der Waals surface area contributed by atoms with Gasteiger partial charge in [-0.05, 0) is 78.0 Å². The van der Waals surface area contributed by atoms with Crippen molar-refractivity contribution in [3.05, 3.63) is 130 Å². The maximum atomic E-state index is 12.9. The number of rotatable bonds is 18. The van der Waals surface area contributed by atoms with E-state index < -0.39 is 6.10 Å². The SMILES string of the molecule is CN(CCNC[C@H](O)c1ccc(O)c2[nH]c(=O)ccc12)C(=O)CCOCCc1cccc(CCN2CC3CC(OC(=O)Nc4ccccc4-c4ccccc4)C[C@H]3C2)c1. The van der Waals surface area contributed by atoms with E-state index in [0.29, 0.717) is 54.6 Å². The van der Waals surface area contributed by atoms with Gasteiger partial charge in [0.05, 0.1) is 36.9 Å². The summed E-state index contributed by atoms with van der Waals surface area (Å²) in [5, 5.41) is 27.6. The lowest BCUT2D eigenvalue weighted by Gasteiger charge is -2.20. The molecule has 5 aromatic rings. The van der Waals surface area contributed by atoms with Gasteiger partial charge in [-0.1, -0.05) is 78.9 Å². The highest BCUT2D eigenvalue weighted by molar-refractivity contribution is 5.91. The largest absolute Gasteiger partial charge is 0.506 e. The van der Waals surface area contributed by atoms with Crippen LogP contribution in [0, 0.1) is 11.8 Å². The Morgan fingerprint density at radius 2 is 1.64 bits per heavy atom. The topological polar surface area (TPSA) is 156 Å². The average molecular weight is 802 g/mol. The molecule has 1 aromatic heterocycles. The number of ether oxygens (including phenoxy) is 2. The number of nitrogens with one attached hydrogen (secondary N) is 3. The van der Waals surface area contributed by atoms with Gasteiger partial charge in [0.15, 0.2) is 0 Å². The zero-order valence-corrected chi connectivity index (χ0v) is 33.6. The number of aromatic hydroxyl groups is 1. The summed E-state index contributed by atoms with van der Waals surface area (Å²) in [5.74, 6) is 1.03. The average Bonchev–Trinajstić information content (AvgIpc) is 3.80. The second-order valence-electron chi connectivity index (χ2n) is 15.8. The van der Waals surface area contributed by atoms with Gasteiger partial charge in [-0.15, -0.1) is 0 Å². The van der Waals surface area contributed by atoms with Gasteiger partial charge in [0, 0.05) is 63.3 Å². The number of aromatic amines is 1. The second-order valence-corrected chi connectivity index (χ2v) is 15.8. The smallest absolute Gasteiger partial charge is 0.411 e. The maximum Gasteiger partial charge on any atom is 0.411 e. The second kappa shape index (κ2) is 20.0. The molecule has 2 unspecified atom stereocenters. The van der Waals surface area contributed by atoms with Crippen LogP contribution in [0.5, 0.6) is 5.75 Å². The number of phenols is 1. The van der Waals surface area contributed by atoms with E-state index in [1.54, 1.807) is 24.1 Å². The number of carbonyl (C=O) groups is 2. The number of amides is 2. The van der Waals surface area contributed by atoms with Gasteiger partial charge >= 0.3 is 6.09 Å². The number of aliphatic hydroxyl groups is 1. The monoisotopic (exact) mass is 801 g/mol. The lowest BCUT2D eigenvalue weighted by Crippen LogP contribution is -2.35. The zero-order valence-electron chi connectivity index (χ0n) is 33.6. The number of H-pyrrole nitrogens is 1. The molecular formula is C47H55N5O7. The number of likely N-dealkylation sites (tertiary alicyclic amines) is 1. The molecule has 1 aliphatic carbocycles. The third-order valence-electron chi connectivity index (χ3n) is 11.7. The first-order valence-electron chi connectivity index (χ1n) is 20.7. The van der Waals surface area contributed by atoms with Crippen molar-refractivity contribution in [2.45, 2.75) is 44.3 Å². The Kier molecular flexibility index (Phi) is 14.1. The Morgan fingerprint density at radius 3 is 2.44 bits per heavy atom. The predicted molar refractivity (Wildman–Crippen MR) is 229 cm³/mol. The molecule has 12 heteroatoms. The van der Waals surface area contributed by atoms with Crippen LogP contribution in [0.2, 0.25) is 0 Å². The number of phenolic OH excluding ortho intramolecular Hbond substituents is 1. The molecule has 5 N–H and O–H groups in total. The minimum absolute atomic E-state index is 0.0110. The number of likely N-dealkylation sites (N-methyl/N-ethyl adjacent to an activating group) is 1. The molecule has 2 aliphatic rings. The van der Waals surface area contributed by atoms with Gasteiger partial charge < -0.3 is 39.8 Å². The molecule has 7 rings (SSSR count). The van der Waals surface area contributed by atoms with E-state index in [2.05, 4.69) is 44.8 Å². The third-order valence-corrected chi connectivity index (χ3v) is 11.7. The zero-order chi connectivity index (χ0) is 41.1. The normalized spacial score (nSPS) is 18.1. The number of carbonyl (C=O) groups excluding carboxylic acids is 2. The molecule has 4 aromatic carbocycles. The number of hydrogen-bond donors (Lipinski definition) is 5. The fourth-order valence-corrected chi connectivity index (χ4v) is 8.51. The Balaban J connectivity index is 0.746. The quantitative estimate of drug-likeness (QED) is 0.0658. The fraction of sp³-hybridized carbons (Fsp3) is 0.383. The van der Waals surface area contributed by atoms with Crippen molar-refractivity contribution in [2.24, 2.45) is 11.8 Å². The highest BCUT2D eigenvalue weighted by Gasteiger charge is 2.42. The molecular weight excluding hydrogens is 747 g/mol. The molecule has 0 radical (unpaired) electrons. The Morgan fingerprint density at radius 1 is 0.898 bits per heavy atom. The first-order chi connectivity index (χ1) is 28.7. The molecule has 310 valence electrons. The summed E-state index contributed by atoms with van der Waals surface area (Å²) in [5.41, 5.74) is 5.85. The minimum Gasteiger partial charge on any atom is -0.506 e. The van der Waals surface area contributed by atoms with Crippen LogP contribution < -0.4 is 16.2 Å². The van der Waals surface area contributed by atoms with Gasteiger partial charge in [-0.2, -0.15) is 0 Å². The van der Waals surface area contributed by atoms with Crippen molar-refractivity contribution in [3.63, 3.8) is 0 Å². The summed E-state index contributed by atoms with van der Waals surface area (Å²) < 4.78 is 11.8. The van der Waals surface area contributed by atoms with Gasteiger partial charge in [0.1, 0.15) is 11.9 Å². The molecule has 4 atom stereocenters. The van der Waals surface area contributed by atoms with Crippen molar-refractivity contribution < 1.29 is 29.3 Å². The van der Waals surface area contributed by atoms with E-state index in [4.69, 9.17) is 9.47 Å². The third kappa shape index (κ3) is 11.2. The van der Waals surface area contributed by atoms with Crippen LogP contribution in [0.3, 0.4) is 0 Å². The molecule has 59 heavy (non-hydrogen) atoms. The predicted octanol–water partition coefficient (Wildman–Crippen LogP) is 6.13. The molecule has 2 amide bonds. The summed E-state index contributed by atoms with van der Waals surface area (Å²) in [7, 11) is 1.75. The number of aliphatic hydroxyl groups excluding tert-OH is 1. The van der Waals surface area contributed by atoms with Gasteiger partial charge in [-0.3, -0.25) is 14.9 Å². The van der Waals surface area contributed by atoms with Crippen molar-refractivity contribution in [1.29, 1.82) is 0 Å². The minimum atomic E-state index is -0.863. The standard InChI is InChI=1S/C47H55N5O7/c1-51(23-21-48-29-43(54)39-14-16-42(53)46-40(39)15-17-44(55)50-46)45(56)20-25-58-24-19-33-9-7-8-32(26-33)18-22-52-30-35-27-37(28-36(35)31-52)59-47(57)49-41-13-6-5-12-38(41)34-10-3-2-4-11-34/h2-17,26,35-37,43,48,53-54H,18-25,27-31H2,1H3,(H,49,57)(H,50,55)/t35-,36?,37?,43-/m0/s1. The van der Waals surface area contributed by atoms with E-state index in [-0.39, 0.29) is 42.4 Å². The van der Waals surface area contributed by atoms with Crippen LogP contribution >= 0.6 is 0 Å². The van der Waals surface area contributed by atoms with E-state index in [0.717, 1.165) is 62.1 Å². The fourth-order valence-electron chi connectivity index (χ4n) is 8.51. The Bertz CT molecular complexity index is 2230. The van der Waals surface area contributed by atoms with Crippen molar-refractivity contribution in [1.82, 2.24) is 20.1 Å². The van der Waals surface area contributed by atoms with E-state index in [9.17, 15) is 24.6 Å². The molecule has 0 spiro atoms. The molecule has 1 saturated carbocycles. The van der Waals surface area contributed by atoms with E-state index in [1.165, 1.54) is 23.3 Å². The summed E-state index contributed by atoms with van der Waals surface area (Å²) in [6.07, 6.45) is 2.54. The van der Waals surface area contributed by atoms with Crippen LogP contribution in [0.25, 0.3) is 22.0 Å².